The average molecular weight is 313 g/mol. The Morgan fingerprint density at radius 3 is 2.81 bits per heavy atom. The van der Waals surface area contributed by atoms with Crippen LogP contribution in [0.25, 0.3) is 0 Å². The van der Waals surface area contributed by atoms with Gasteiger partial charge in [-0.25, -0.2) is 0 Å². The van der Waals surface area contributed by atoms with Crippen LogP contribution < -0.4 is 0 Å². The van der Waals surface area contributed by atoms with E-state index in [2.05, 4.69) is 15.9 Å². The Balaban J connectivity index is 1.98. The van der Waals surface area contributed by atoms with Gasteiger partial charge in [-0.15, -0.1) is 11.8 Å². The number of halogens is 1. The molecule has 1 aromatic carbocycles. The number of thiophene rings is 1. The van der Waals surface area contributed by atoms with Gasteiger partial charge in [0.05, 0.1) is 5.75 Å². The number of ketones is 1. The topological polar surface area (TPSA) is 17.1 Å². The molecule has 0 fully saturated rings. The van der Waals surface area contributed by atoms with E-state index >= 15 is 0 Å². The minimum atomic E-state index is 0.182. The Morgan fingerprint density at radius 1 is 1.31 bits per heavy atom. The molecule has 0 unspecified atom stereocenters. The van der Waals surface area contributed by atoms with Gasteiger partial charge in [0.15, 0.2) is 5.78 Å². The van der Waals surface area contributed by atoms with Crippen molar-refractivity contribution in [2.75, 3.05) is 5.75 Å². The zero-order valence-electron chi connectivity index (χ0n) is 8.35. The summed E-state index contributed by atoms with van der Waals surface area (Å²) < 4.78 is 1.04. The third-order valence-electron chi connectivity index (χ3n) is 2.04. The van der Waals surface area contributed by atoms with Crippen molar-refractivity contribution in [1.82, 2.24) is 0 Å². The van der Waals surface area contributed by atoms with Crippen molar-refractivity contribution >= 4 is 44.8 Å². The molecule has 0 aliphatic rings. The summed E-state index contributed by atoms with van der Waals surface area (Å²) in [5.74, 6) is 0.668. The molecule has 0 aliphatic carbocycles. The SMILES string of the molecule is O=C(CSc1ccccc1Br)c1ccsc1. The maximum atomic E-state index is 11.8. The van der Waals surface area contributed by atoms with E-state index in [1.54, 1.807) is 23.1 Å². The third-order valence-corrected chi connectivity index (χ3v) is 4.75. The van der Waals surface area contributed by atoms with Gasteiger partial charge in [0, 0.05) is 20.3 Å². The molecular weight excluding hydrogens is 304 g/mol. The minimum absolute atomic E-state index is 0.182. The molecule has 0 amide bonds. The van der Waals surface area contributed by atoms with Gasteiger partial charge in [-0.2, -0.15) is 11.3 Å². The van der Waals surface area contributed by atoms with Crippen LogP contribution in [0.3, 0.4) is 0 Å². The maximum absolute atomic E-state index is 11.8. The van der Waals surface area contributed by atoms with Crippen LogP contribution in [0.4, 0.5) is 0 Å². The number of hydrogen-bond acceptors (Lipinski definition) is 3. The van der Waals surface area contributed by atoms with E-state index < -0.39 is 0 Å². The molecule has 4 heteroatoms. The first kappa shape index (κ1) is 11.9. The Bertz CT molecular complexity index is 480. The second-order valence-corrected chi connectivity index (χ2v) is 5.81. The molecule has 0 N–H and O–H groups in total. The van der Waals surface area contributed by atoms with Gasteiger partial charge in [-0.05, 0) is 39.5 Å². The summed E-state index contributed by atoms with van der Waals surface area (Å²) in [7, 11) is 0. The Hall–Kier alpha value is -0.580. The van der Waals surface area contributed by atoms with Crippen LogP contribution in [0.1, 0.15) is 10.4 Å². The van der Waals surface area contributed by atoms with Crippen LogP contribution in [0, 0.1) is 0 Å². The highest BCUT2D eigenvalue weighted by Crippen LogP contribution is 2.27. The summed E-state index contributed by atoms with van der Waals surface area (Å²) in [6, 6.07) is 9.80. The lowest BCUT2D eigenvalue weighted by Crippen LogP contribution is -2.00. The number of thioether (sulfide) groups is 1. The average Bonchev–Trinajstić information content (AvgIpc) is 2.81. The van der Waals surface area contributed by atoms with E-state index in [-0.39, 0.29) is 5.78 Å². The van der Waals surface area contributed by atoms with Crippen molar-refractivity contribution in [1.29, 1.82) is 0 Å². The standard InChI is InChI=1S/C12H9BrOS2/c13-10-3-1-2-4-12(10)16-8-11(14)9-5-6-15-7-9/h1-7H,8H2. The smallest absolute Gasteiger partial charge is 0.173 e. The van der Waals surface area contributed by atoms with Crippen LogP contribution in [0.5, 0.6) is 0 Å². The van der Waals surface area contributed by atoms with Crippen LogP contribution in [0.15, 0.2) is 50.5 Å². The second kappa shape index (κ2) is 5.66. The third kappa shape index (κ3) is 2.97. The van der Waals surface area contributed by atoms with Gasteiger partial charge < -0.3 is 0 Å². The van der Waals surface area contributed by atoms with Gasteiger partial charge >= 0.3 is 0 Å². The van der Waals surface area contributed by atoms with Crippen molar-refractivity contribution in [2.45, 2.75) is 4.90 Å². The Kier molecular flexibility index (Phi) is 4.21. The number of rotatable bonds is 4. The van der Waals surface area contributed by atoms with Crippen molar-refractivity contribution in [2.24, 2.45) is 0 Å². The summed E-state index contributed by atoms with van der Waals surface area (Å²) in [4.78, 5) is 12.9. The highest BCUT2D eigenvalue weighted by atomic mass is 79.9. The molecule has 0 spiro atoms. The van der Waals surface area contributed by atoms with Crippen LogP contribution in [-0.2, 0) is 0 Å². The van der Waals surface area contributed by atoms with Gasteiger partial charge in [0.2, 0.25) is 0 Å². The predicted molar refractivity (Wildman–Crippen MR) is 73.5 cm³/mol. The second-order valence-electron chi connectivity index (χ2n) is 3.15. The first-order valence-electron chi connectivity index (χ1n) is 4.70. The highest BCUT2D eigenvalue weighted by Gasteiger charge is 2.07. The summed E-state index contributed by atoms with van der Waals surface area (Å²) >= 11 is 6.58. The fourth-order valence-electron chi connectivity index (χ4n) is 1.21. The van der Waals surface area contributed by atoms with E-state index in [4.69, 9.17) is 0 Å². The largest absolute Gasteiger partial charge is 0.293 e. The lowest BCUT2D eigenvalue weighted by Gasteiger charge is -2.02. The van der Waals surface area contributed by atoms with Gasteiger partial charge in [0.1, 0.15) is 0 Å². The van der Waals surface area contributed by atoms with Gasteiger partial charge in [-0.3, -0.25) is 4.79 Å². The Labute approximate surface area is 111 Å². The zero-order chi connectivity index (χ0) is 11.4. The van der Waals surface area contributed by atoms with Crippen molar-refractivity contribution < 1.29 is 4.79 Å². The molecule has 82 valence electrons. The molecule has 0 bridgehead atoms. The number of carbonyl (C=O) groups is 1. The Morgan fingerprint density at radius 2 is 2.12 bits per heavy atom. The molecule has 2 aromatic rings. The number of benzene rings is 1. The fourth-order valence-corrected chi connectivity index (χ4v) is 3.33. The molecule has 0 radical (unpaired) electrons. The molecule has 1 nitrogen and oxygen atoms in total. The van der Waals surface area contributed by atoms with Crippen LogP contribution >= 0.6 is 39.0 Å². The molecule has 16 heavy (non-hydrogen) atoms. The molecule has 0 aliphatic heterocycles. The van der Waals surface area contributed by atoms with E-state index in [0.717, 1.165) is 14.9 Å². The first-order chi connectivity index (χ1) is 7.77. The molecule has 0 saturated carbocycles. The fraction of sp³-hybridized carbons (Fsp3) is 0.0833. The van der Waals surface area contributed by atoms with E-state index in [1.165, 1.54) is 0 Å². The van der Waals surface area contributed by atoms with Crippen molar-refractivity contribution in [3.05, 3.63) is 51.1 Å². The van der Waals surface area contributed by atoms with Crippen LogP contribution in [0.2, 0.25) is 0 Å². The molecule has 0 saturated heterocycles. The molecule has 1 aromatic heterocycles. The summed E-state index contributed by atoms with van der Waals surface area (Å²) in [5.41, 5.74) is 0.810. The first-order valence-corrected chi connectivity index (χ1v) is 7.42. The van der Waals surface area contributed by atoms with E-state index in [1.807, 2.05) is 41.1 Å². The van der Waals surface area contributed by atoms with E-state index in [9.17, 15) is 4.79 Å². The predicted octanol–water partition coefficient (Wildman–Crippen LogP) is 4.49. The number of Topliss-reactive ketones (excluding diaryl/α,β-unsaturated/α-hetero) is 1. The normalized spacial score (nSPS) is 10.3. The lowest BCUT2D eigenvalue weighted by atomic mass is 10.2. The van der Waals surface area contributed by atoms with Crippen molar-refractivity contribution in [3.8, 4) is 0 Å². The van der Waals surface area contributed by atoms with Crippen LogP contribution in [-0.4, -0.2) is 11.5 Å². The van der Waals surface area contributed by atoms with Crippen molar-refractivity contribution in [3.63, 3.8) is 0 Å². The van der Waals surface area contributed by atoms with E-state index in [0.29, 0.717) is 5.75 Å². The minimum Gasteiger partial charge on any atom is -0.293 e. The maximum Gasteiger partial charge on any atom is 0.173 e. The number of hydrogen-bond donors (Lipinski definition) is 0. The summed E-state index contributed by atoms with van der Waals surface area (Å²) in [6.45, 7) is 0. The molecule has 1 heterocycles. The highest BCUT2D eigenvalue weighted by molar-refractivity contribution is 9.10. The summed E-state index contributed by atoms with van der Waals surface area (Å²) in [6.07, 6.45) is 0. The van der Waals surface area contributed by atoms with Gasteiger partial charge in [-0.1, -0.05) is 12.1 Å². The zero-order valence-corrected chi connectivity index (χ0v) is 11.6. The number of carbonyl (C=O) groups excluding carboxylic acids is 1. The molecular formula is C12H9BrOS2. The molecule has 2 rings (SSSR count). The summed E-state index contributed by atoms with van der Waals surface area (Å²) in [5, 5.41) is 3.82. The monoisotopic (exact) mass is 312 g/mol. The van der Waals surface area contributed by atoms with Gasteiger partial charge in [0.25, 0.3) is 0 Å². The lowest BCUT2D eigenvalue weighted by molar-refractivity contribution is 0.102. The molecule has 0 atom stereocenters. The quantitative estimate of drug-likeness (QED) is 0.611.